The molecule has 2 fully saturated rings. The van der Waals surface area contributed by atoms with Gasteiger partial charge >= 0.3 is 19.5 Å². The summed E-state index contributed by atoms with van der Waals surface area (Å²) < 4.78 is 0. The van der Waals surface area contributed by atoms with Crippen molar-refractivity contribution >= 4 is 23.8 Å². The van der Waals surface area contributed by atoms with Crippen molar-refractivity contribution in [3.63, 3.8) is 0 Å². The molecule has 9 heteroatoms. The van der Waals surface area contributed by atoms with Crippen LogP contribution >= 0.6 is 0 Å². The number of hydrogen-bond donors (Lipinski definition) is 0. The Morgan fingerprint density at radius 3 is 1.29 bits per heavy atom. The minimum atomic E-state index is -1.16. The van der Waals surface area contributed by atoms with Gasteiger partial charge in [-0.2, -0.15) is 0 Å². The molecule has 2 aliphatic heterocycles. The molecule has 0 aliphatic carbocycles. The van der Waals surface area contributed by atoms with Gasteiger partial charge in [0.15, 0.2) is 0 Å². The Morgan fingerprint density at radius 2 is 1.19 bits per heavy atom. The number of amides is 2. The summed E-state index contributed by atoms with van der Waals surface area (Å²) in [6, 6.07) is -1.40. The van der Waals surface area contributed by atoms with Gasteiger partial charge in [-0.05, 0) is 12.8 Å². The second kappa shape index (κ2) is 8.07. The van der Waals surface area contributed by atoms with Crippen LogP contribution in [0.4, 0.5) is 0 Å². The van der Waals surface area contributed by atoms with Crippen LogP contribution in [0.1, 0.15) is 25.7 Å². The molecule has 119 valence electrons. The Morgan fingerprint density at radius 1 is 0.905 bits per heavy atom. The topological polar surface area (TPSA) is 121 Å². The maximum Gasteiger partial charge on any atom is 2.00 e. The molecule has 2 atom stereocenters. The monoisotopic (exact) mass is 387 g/mol. The third kappa shape index (κ3) is 4.77. The van der Waals surface area contributed by atoms with Crippen LogP contribution < -0.4 is 10.2 Å². The van der Waals surface area contributed by atoms with E-state index >= 15 is 0 Å². The van der Waals surface area contributed by atoms with E-state index in [4.69, 9.17) is 0 Å². The number of hydrogen-bond acceptors (Lipinski definition) is 6. The average Bonchev–Trinajstić information content (AvgIpc) is 2.86. The zero-order valence-electron chi connectivity index (χ0n) is 11.7. The van der Waals surface area contributed by atoms with Crippen LogP contribution in [-0.2, 0) is 38.7 Å². The number of nitrogens with zero attached hydrogens (tertiary/aromatic N) is 2. The van der Waals surface area contributed by atoms with Gasteiger partial charge in [-0.1, -0.05) is 0 Å². The van der Waals surface area contributed by atoms with E-state index in [1.807, 2.05) is 0 Å². The van der Waals surface area contributed by atoms with Crippen LogP contribution in [0.25, 0.3) is 0 Å². The van der Waals surface area contributed by atoms with Crippen molar-refractivity contribution in [2.75, 3.05) is 14.1 Å². The molecule has 0 saturated carbocycles. The number of carbonyl (C=O) groups excluding carboxylic acids is 4. The van der Waals surface area contributed by atoms with Gasteiger partial charge in [0.05, 0.1) is 24.0 Å². The zero-order chi connectivity index (χ0) is 15.4. The molecular formula is C12H16N2O6Rh. The minimum Gasteiger partial charge on any atom is -0.548 e. The van der Waals surface area contributed by atoms with Gasteiger partial charge < -0.3 is 29.6 Å². The van der Waals surface area contributed by atoms with Crippen LogP contribution in [0.5, 0.6) is 0 Å². The molecule has 1 radical (unpaired) electrons. The summed E-state index contributed by atoms with van der Waals surface area (Å²) >= 11 is 0. The van der Waals surface area contributed by atoms with E-state index in [2.05, 4.69) is 0 Å². The Balaban J connectivity index is 0.000000364. The normalized spacial score (nSPS) is 24.3. The predicted octanol–water partition coefficient (Wildman–Crippen LogP) is -3.29. The van der Waals surface area contributed by atoms with Crippen molar-refractivity contribution < 1.29 is 48.9 Å². The fourth-order valence-corrected chi connectivity index (χ4v) is 2.16. The van der Waals surface area contributed by atoms with E-state index in [1.165, 1.54) is 23.9 Å². The van der Waals surface area contributed by atoms with Crippen LogP contribution in [0, 0.1) is 0 Å². The first-order valence-corrected chi connectivity index (χ1v) is 6.18. The number of carboxylic acids is 2. The zero-order valence-corrected chi connectivity index (χ0v) is 13.3. The van der Waals surface area contributed by atoms with Gasteiger partial charge in [0, 0.05) is 26.9 Å². The van der Waals surface area contributed by atoms with E-state index in [9.17, 15) is 29.4 Å². The van der Waals surface area contributed by atoms with Gasteiger partial charge in [-0.3, -0.25) is 9.59 Å². The first-order chi connectivity index (χ1) is 9.25. The van der Waals surface area contributed by atoms with Gasteiger partial charge in [-0.25, -0.2) is 0 Å². The quantitative estimate of drug-likeness (QED) is 0.458. The smallest absolute Gasteiger partial charge is 0.548 e. The minimum absolute atomic E-state index is 0. The number of carboxylic acid groups (broad SMARTS) is 2. The first-order valence-electron chi connectivity index (χ1n) is 6.18. The molecule has 21 heavy (non-hydrogen) atoms. The molecule has 0 bridgehead atoms. The van der Waals surface area contributed by atoms with E-state index in [0.717, 1.165) is 0 Å². The Bertz CT molecular complexity index is 401. The molecule has 0 unspecified atom stereocenters. The summed E-state index contributed by atoms with van der Waals surface area (Å²) in [7, 11) is 2.96. The Hall–Kier alpha value is -1.50. The Labute approximate surface area is 134 Å². The van der Waals surface area contributed by atoms with Crippen molar-refractivity contribution in [1.29, 1.82) is 0 Å². The molecule has 2 saturated heterocycles. The van der Waals surface area contributed by atoms with E-state index in [0.29, 0.717) is 25.7 Å². The molecule has 2 aliphatic rings. The number of likely N-dealkylation sites (N-methyl/N-ethyl adjacent to an activating group) is 2. The second-order valence-electron chi connectivity index (χ2n) is 4.76. The maximum atomic E-state index is 10.7. The van der Waals surface area contributed by atoms with Crippen molar-refractivity contribution in [2.24, 2.45) is 0 Å². The third-order valence-electron chi connectivity index (χ3n) is 3.53. The van der Waals surface area contributed by atoms with Crippen molar-refractivity contribution in [3.05, 3.63) is 0 Å². The molecule has 0 aromatic rings. The summed E-state index contributed by atoms with van der Waals surface area (Å²) in [6.45, 7) is 0. The van der Waals surface area contributed by atoms with Crippen LogP contribution in [0.3, 0.4) is 0 Å². The van der Waals surface area contributed by atoms with Crippen LogP contribution in [0.2, 0.25) is 0 Å². The molecule has 2 amide bonds. The molecule has 8 nitrogen and oxygen atoms in total. The largest absolute Gasteiger partial charge is 2.00 e. The number of likely N-dealkylation sites (tertiary alicyclic amines) is 2. The number of carbonyl (C=O) groups is 4. The summed E-state index contributed by atoms with van der Waals surface area (Å²) in [4.78, 5) is 44.4. The van der Waals surface area contributed by atoms with E-state index < -0.39 is 24.0 Å². The van der Waals surface area contributed by atoms with Crippen molar-refractivity contribution in [3.8, 4) is 0 Å². The van der Waals surface area contributed by atoms with Crippen LogP contribution in [0.15, 0.2) is 0 Å². The molecule has 0 N–H and O–H groups in total. The number of aliphatic carboxylic acids is 2. The van der Waals surface area contributed by atoms with Gasteiger partial charge in [0.25, 0.3) is 0 Å². The SMILES string of the molecule is CN1C(=O)CC[C@@H]1C(=O)[O-].CN1C(=O)CC[C@@H]1C(=O)[O-].[Rh+2]. The average molecular weight is 387 g/mol. The summed E-state index contributed by atoms with van der Waals surface area (Å²) in [6.07, 6.45) is 1.43. The van der Waals surface area contributed by atoms with Crippen molar-refractivity contribution in [1.82, 2.24) is 9.80 Å². The molecule has 0 aromatic heterocycles. The Kier molecular flexibility index (Phi) is 7.50. The van der Waals surface area contributed by atoms with Gasteiger partial charge in [0.2, 0.25) is 11.8 Å². The first kappa shape index (κ1) is 19.5. The van der Waals surface area contributed by atoms with E-state index in [1.54, 1.807) is 0 Å². The van der Waals surface area contributed by atoms with Gasteiger partial charge in [0.1, 0.15) is 0 Å². The second-order valence-corrected chi connectivity index (χ2v) is 4.76. The summed E-state index contributed by atoms with van der Waals surface area (Å²) in [5.74, 6) is -2.55. The van der Waals surface area contributed by atoms with Crippen LogP contribution in [-0.4, -0.2) is 59.7 Å². The standard InChI is InChI=1S/2C6H9NO3.Rh/c2*1-7-4(6(9)10)2-3-5(7)8;/h2*4H,2-3H2,1H3,(H,9,10);/q;;+2/p-2/t2*4-;/m11./s1. The maximum absolute atomic E-state index is 10.7. The summed E-state index contributed by atoms with van der Waals surface area (Å²) in [5.41, 5.74) is 0. The molecule has 0 spiro atoms. The molecule has 2 rings (SSSR count). The molecular weight excluding hydrogens is 371 g/mol. The fourth-order valence-electron chi connectivity index (χ4n) is 2.16. The predicted molar refractivity (Wildman–Crippen MR) is 61.6 cm³/mol. The number of rotatable bonds is 2. The summed E-state index contributed by atoms with van der Waals surface area (Å²) in [5, 5.41) is 20.5. The van der Waals surface area contributed by atoms with Gasteiger partial charge in [-0.15, -0.1) is 0 Å². The molecule has 2 heterocycles. The van der Waals surface area contributed by atoms with Crippen molar-refractivity contribution in [2.45, 2.75) is 37.8 Å². The van der Waals surface area contributed by atoms with E-state index in [-0.39, 0.29) is 31.3 Å². The molecule has 0 aromatic carbocycles. The third-order valence-corrected chi connectivity index (χ3v) is 3.53. The fraction of sp³-hybridized carbons (Fsp3) is 0.667.